The van der Waals surface area contributed by atoms with Gasteiger partial charge in [-0.25, -0.2) is 24.5 Å². The summed E-state index contributed by atoms with van der Waals surface area (Å²) in [6.45, 7) is 17.5. The molecule has 89 heavy (non-hydrogen) atoms. The predicted octanol–water partition coefficient (Wildman–Crippen LogP) is 9.31. The maximum atomic E-state index is 14.7. The number of aromatic nitrogens is 4. The van der Waals surface area contributed by atoms with Crippen LogP contribution in [0.3, 0.4) is 0 Å². The second-order valence-corrected chi connectivity index (χ2v) is 26.2. The van der Waals surface area contributed by atoms with E-state index >= 15 is 0 Å². The molecule has 1 unspecified atom stereocenters. The van der Waals surface area contributed by atoms with Crippen LogP contribution in [0.25, 0.3) is 22.2 Å². The van der Waals surface area contributed by atoms with Gasteiger partial charge in [-0.15, -0.1) is 0 Å². The number of piperidine rings is 2. The number of H-pyrrole nitrogens is 1. The van der Waals surface area contributed by atoms with Crippen molar-refractivity contribution in [2.45, 2.75) is 148 Å². The lowest BCUT2D eigenvalue weighted by molar-refractivity contribution is -0.134. The van der Waals surface area contributed by atoms with Gasteiger partial charge in [0.2, 0.25) is 23.6 Å². The molecule has 2 atom stereocenters. The predicted molar refractivity (Wildman–Crippen MR) is 343 cm³/mol. The van der Waals surface area contributed by atoms with E-state index in [1.165, 1.54) is 11.2 Å². The summed E-state index contributed by atoms with van der Waals surface area (Å²) >= 11 is 6.34. The Morgan fingerprint density at radius 2 is 1.55 bits per heavy atom. The molecule has 0 bridgehead atoms. The molecule has 0 radical (unpaired) electrons. The SMILES string of the molecule is CCc1cccc(-c2cnc(C(=O)NCCCCCCCC(=O)N3CCN(CC[C@H](NC(=O)C4(NC(=O)OC(C)(C)C)CCN(c5ncnc6[nH]ccc56)CC4)c4ccc(Cl)cc4)CC3)c(NC(=O)CN(CC3CCN(C)C(=O)C3)C(=O)OC(C)(C)C)c2)c1. The van der Waals surface area contributed by atoms with E-state index in [9.17, 15) is 33.6 Å². The van der Waals surface area contributed by atoms with Gasteiger partial charge in [-0.1, -0.05) is 74.2 Å². The number of benzene rings is 2. The zero-order chi connectivity index (χ0) is 63.9. The zero-order valence-corrected chi connectivity index (χ0v) is 53.8. The number of amides is 7. The van der Waals surface area contributed by atoms with Crippen LogP contribution < -0.4 is 26.2 Å². The van der Waals surface area contributed by atoms with Crippen LogP contribution in [0, 0.1) is 5.92 Å². The smallest absolute Gasteiger partial charge is 0.410 e. The molecule has 6 heterocycles. The van der Waals surface area contributed by atoms with Crippen molar-refractivity contribution in [2.24, 2.45) is 5.92 Å². The minimum absolute atomic E-state index is 0.0211. The molecule has 0 spiro atoms. The van der Waals surface area contributed by atoms with Gasteiger partial charge in [0.1, 0.15) is 41.1 Å². The van der Waals surface area contributed by atoms with Gasteiger partial charge < -0.3 is 50.4 Å². The summed E-state index contributed by atoms with van der Waals surface area (Å²) in [5.74, 6) is -0.583. The number of fused-ring (bicyclic) bond motifs is 1. The van der Waals surface area contributed by atoms with Crippen molar-refractivity contribution in [2.75, 3.05) is 89.3 Å². The van der Waals surface area contributed by atoms with Gasteiger partial charge in [0.25, 0.3) is 5.91 Å². The largest absolute Gasteiger partial charge is 0.444 e. The molecule has 480 valence electrons. The number of likely N-dealkylation sites (tertiary alicyclic amines) is 1. The summed E-state index contributed by atoms with van der Waals surface area (Å²) in [5.41, 5.74) is 1.67. The average molecular weight is 1240 g/mol. The van der Waals surface area contributed by atoms with E-state index in [0.717, 1.165) is 65.6 Å². The lowest BCUT2D eigenvalue weighted by Crippen LogP contribution is -2.64. The Morgan fingerprint density at radius 1 is 0.831 bits per heavy atom. The lowest BCUT2D eigenvalue weighted by atomic mass is 9.85. The number of hydrogen-bond donors (Lipinski definition) is 5. The first-order valence-electron chi connectivity index (χ1n) is 31.4. The number of aryl methyl sites for hydroxylation is 1. The normalized spacial score (nSPS) is 16.8. The summed E-state index contributed by atoms with van der Waals surface area (Å²) < 4.78 is 11.4. The summed E-state index contributed by atoms with van der Waals surface area (Å²) in [5, 5.41) is 13.6. The lowest BCUT2D eigenvalue weighted by Gasteiger charge is -2.42. The third-order valence-corrected chi connectivity index (χ3v) is 16.8. The molecule has 3 aliphatic heterocycles. The number of halogens is 1. The number of carbonyl (C=O) groups excluding carboxylic acids is 7. The highest BCUT2D eigenvalue weighted by atomic mass is 35.5. The zero-order valence-electron chi connectivity index (χ0n) is 53.1. The number of carbonyl (C=O) groups is 7. The minimum Gasteiger partial charge on any atom is -0.444 e. The quantitative estimate of drug-likeness (QED) is 0.0361. The molecule has 5 N–H and O–H groups in total. The molecule has 23 heteroatoms. The second-order valence-electron chi connectivity index (χ2n) is 25.8. The topological polar surface area (TPSA) is 257 Å². The van der Waals surface area contributed by atoms with Gasteiger partial charge in [-0.05, 0) is 133 Å². The number of unbranched alkanes of at least 4 members (excludes halogenated alkanes) is 4. The highest BCUT2D eigenvalue weighted by Gasteiger charge is 2.45. The van der Waals surface area contributed by atoms with Crippen LogP contribution in [0.2, 0.25) is 5.02 Å². The van der Waals surface area contributed by atoms with Crippen molar-refractivity contribution < 1.29 is 43.0 Å². The van der Waals surface area contributed by atoms with E-state index in [1.54, 1.807) is 65.8 Å². The standard InChI is InChI=1S/C66H90ClN13O9/c1-9-45-16-15-17-48(38-45)49-40-53(73-54(81)43-80(63(87)89-65(5,6)7)42-46-24-30-76(8)56(83)39-46)57(70-41-49)60(84)69-28-14-12-10-11-13-18-55(82)78-36-34-77(35-37-78)31-25-52(47-19-21-50(67)22-20-47)74-61(85)66(75-62(86)88-64(2,3)4)26-32-79(33-27-66)59-51-23-29-68-58(51)71-44-72-59/h15-17,19-23,29,38,40-41,44,46,52H,9-14,18,24-28,30-37,39,42-43H2,1-8H3,(H,69,84)(H,73,81)(H,74,85)(H,75,86)(H,68,71,72)/t46?,52-/m0/s1. The van der Waals surface area contributed by atoms with Crippen molar-refractivity contribution in [3.05, 3.63) is 101 Å². The Bertz CT molecular complexity index is 3260. The maximum absolute atomic E-state index is 14.7. The van der Waals surface area contributed by atoms with E-state index in [0.29, 0.717) is 108 Å². The third kappa shape index (κ3) is 19.3. The highest BCUT2D eigenvalue weighted by molar-refractivity contribution is 6.30. The fourth-order valence-electron chi connectivity index (χ4n) is 11.6. The maximum Gasteiger partial charge on any atom is 0.410 e. The first-order valence-corrected chi connectivity index (χ1v) is 31.8. The highest BCUT2D eigenvalue weighted by Crippen LogP contribution is 2.32. The van der Waals surface area contributed by atoms with Gasteiger partial charge in [-0.3, -0.25) is 33.8 Å². The number of rotatable bonds is 24. The summed E-state index contributed by atoms with van der Waals surface area (Å²) in [7, 11) is 1.75. The number of piperazine rings is 1. The fraction of sp³-hybridized carbons (Fsp3) is 0.545. The van der Waals surface area contributed by atoms with Crippen LogP contribution in [0.4, 0.5) is 21.1 Å². The molecule has 22 nitrogen and oxygen atoms in total. The second kappa shape index (κ2) is 30.6. The van der Waals surface area contributed by atoms with Crippen LogP contribution in [0.15, 0.2) is 79.4 Å². The number of ether oxygens (including phenoxy) is 2. The van der Waals surface area contributed by atoms with E-state index in [4.69, 9.17) is 21.1 Å². The molecule has 0 saturated carbocycles. The Kier molecular flexibility index (Phi) is 23.0. The molecular formula is C66H90ClN13O9. The average Bonchev–Trinajstić information content (AvgIpc) is 1.91. The number of alkyl carbamates (subject to hydrolysis) is 1. The number of hydrogen-bond acceptors (Lipinski definition) is 14. The fourth-order valence-corrected chi connectivity index (χ4v) is 11.7. The number of anilines is 2. The molecule has 8 rings (SSSR count). The van der Waals surface area contributed by atoms with Gasteiger partial charge in [0, 0.05) is 108 Å². The molecule has 3 saturated heterocycles. The first-order chi connectivity index (χ1) is 42.4. The molecule has 3 fully saturated rings. The van der Waals surface area contributed by atoms with Crippen LogP contribution in [0.1, 0.15) is 147 Å². The molecular weight excluding hydrogens is 1150 g/mol. The van der Waals surface area contributed by atoms with E-state index in [2.05, 4.69) is 57.9 Å². The van der Waals surface area contributed by atoms with Gasteiger partial charge in [0.05, 0.1) is 17.1 Å². The van der Waals surface area contributed by atoms with Crippen molar-refractivity contribution >= 4 is 75.9 Å². The molecule has 5 aromatic rings. The first kappa shape index (κ1) is 67.1. The number of pyridine rings is 1. The Morgan fingerprint density at radius 3 is 2.26 bits per heavy atom. The van der Waals surface area contributed by atoms with Crippen LogP contribution in [-0.4, -0.2) is 177 Å². The van der Waals surface area contributed by atoms with Crippen LogP contribution in [-0.2, 0) is 35.1 Å². The Labute approximate surface area is 527 Å². The van der Waals surface area contributed by atoms with Crippen molar-refractivity contribution in [3.63, 3.8) is 0 Å². The van der Waals surface area contributed by atoms with Crippen LogP contribution in [0.5, 0.6) is 0 Å². The van der Waals surface area contributed by atoms with Gasteiger partial charge >= 0.3 is 12.2 Å². The number of nitrogens with one attached hydrogen (secondary N) is 5. The summed E-state index contributed by atoms with van der Waals surface area (Å²) in [4.78, 5) is 121. The van der Waals surface area contributed by atoms with E-state index < -0.39 is 46.8 Å². The number of aromatic amines is 1. The van der Waals surface area contributed by atoms with Gasteiger partial charge in [0.15, 0.2) is 5.69 Å². The number of nitrogens with zero attached hydrogens (tertiary/aromatic N) is 8. The Balaban J connectivity index is 0.791. The molecule has 3 aromatic heterocycles. The Hall–Kier alpha value is -7.85. The van der Waals surface area contributed by atoms with E-state index in [1.807, 2.05) is 65.7 Å². The third-order valence-electron chi connectivity index (χ3n) is 16.6. The monoisotopic (exact) mass is 1240 g/mol. The molecule has 7 amide bonds. The van der Waals surface area contributed by atoms with Crippen molar-refractivity contribution in [3.8, 4) is 11.1 Å². The van der Waals surface area contributed by atoms with Gasteiger partial charge in [-0.2, -0.15) is 0 Å². The minimum atomic E-state index is -1.27. The van der Waals surface area contributed by atoms with Crippen molar-refractivity contribution in [1.29, 1.82) is 0 Å². The molecule has 3 aliphatic rings. The summed E-state index contributed by atoms with van der Waals surface area (Å²) in [6, 6.07) is 18.7. The summed E-state index contributed by atoms with van der Waals surface area (Å²) in [6.07, 6.45) is 11.0. The molecule has 0 aliphatic carbocycles. The molecule has 2 aromatic carbocycles. The van der Waals surface area contributed by atoms with E-state index in [-0.39, 0.29) is 54.5 Å². The van der Waals surface area contributed by atoms with Crippen molar-refractivity contribution in [1.82, 2.24) is 55.5 Å². The van der Waals surface area contributed by atoms with Crippen LogP contribution >= 0.6 is 11.6 Å².